The van der Waals surface area contributed by atoms with Gasteiger partial charge in [-0.25, -0.2) is 4.98 Å². The van der Waals surface area contributed by atoms with Crippen LogP contribution in [-0.2, 0) is 0 Å². The molecule has 0 fully saturated rings. The van der Waals surface area contributed by atoms with Gasteiger partial charge in [-0.15, -0.1) is 0 Å². The van der Waals surface area contributed by atoms with E-state index in [9.17, 15) is 0 Å². The van der Waals surface area contributed by atoms with Gasteiger partial charge in [0.15, 0.2) is 0 Å². The molecule has 0 saturated heterocycles. The molecule has 0 aliphatic carbocycles. The van der Waals surface area contributed by atoms with Gasteiger partial charge in [0.1, 0.15) is 5.58 Å². The van der Waals surface area contributed by atoms with E-state index in [1.165, 1.54) is 30.5 Å². The molecule has 0 bridgehead atoms. The number of hydrogen-bond donors (Lipinski definition) is 0. The Hall–Kier alpha value is -4.24. The number of furan rings is 1. The zero-order chi connectivity index (χ0) is 31.6. The molecule has 6 aromatic rings. The number of aromatic nitrogens is 2. The van der Waals surface area contributed by atoms with Gasteiger partial charge in [0, 0.05) is 40.6 Å². The lowest BCUT2D eigenvalue weighted by Gasteiger charge is -2.13. The van der Waals surface area contributed by atoms with Crippen molar-refractivity contribution in [2.75, 3.05) is 0 Å². The second kappa shape index (κ2) is 7.96. The van der Waals surface area contributed by atoms with Crippen molar-refractivity contribution in [3.8, 4) is 33.5 Å². The number of hydrogen-bond acceptors (Lipinski definition) is 3. The van der Waals surface area contributed by atoms with Crippen molar-refractivity contribution in [1.82, 2.24) is 9.97 Å². The molecule has 164 valence electrons. The number of para-hydroxylation sites is 1. The predicted octanol–water partition coefficient (Wildman–Crippen LogP) is 8.30. The first-order valence-electron chi connectivity index (χ1n) is 15.7. The van der Waals surface area contributed by atoms with E-state index in [0.29, 0.717) is 27.5 Å². The molecule has 0 atom stereocenters. The second-order valence-corrected chi connectivity index (χ2v) is 7.99. The maximum atomic E-state index is 8.94. The third kappa shape index (κ3) is 3.37. The topological polar surface area (TPSA) is 38.9 Å². The highest BCUT2D eigenvalue weighted by molar-refractivity contribution is 6.08. The molecule has 3 aromatic heterocycles. The van der Waals surface area contributed by atoms with Crippen molar-refractivity contribution in [2.45, 2.75) is 20.6 Å². The van der Waals surface area contributed by atoms with Crippen LogP contribution in [0.15, 0.2) is 95.5 Å². The van der Waals surface area contributed by atoms with Gasteiger partial charge in [0.2, 0.25) is 5.71 Å². The molecular formula is C31H24N2O. The minimum Gasteiger partial charge on any atom is -0.437 e. The smallest absolute Gasteiger partial charge is 0.227 e. The Balaban J connectivity index is 1.61. The number of rotatable bonds is 3. The monoisotopic (exact) mass is 450 g/mol. The summed E-state index contributed by atoms with van der Waals surface area (Å²) in [5, 5.41) is 1.23. The van der Waals surface area contributed by atoms with Crippen LogP contribution in [0.4, 0.5) is 0 Å². The minimum absolute atomic E-state index is 0.0276. The molecule has 6 rings (SSSR count). The summed E-state index contributed by atoms with van der Waals surface area (Å²) < 4.78 is 87.7. The standard InChI is InChI=1S/C31H24N2O/c1-19-16-23(22-8-5-4-6-9-22)13-15-24(19)28-17-29(32-18-20(28)2)27-11-7-10-25-26-14-12-21(3)33-31(26)34-30(25)27/h4-18H,1-3H3/i1D3,2D3,3D3,15D. The van der Waals surface area contributed by atoms with Crippen molar-refractivity contribution < 1.29 is 18.1 Å². The zero-order valence-electron chi connectivity index (χ0n) is 27.9. The molecular weight excluding hydrogens is 416 g/mol. The lowest BCUT2D eigenvalue weighted by atomic mass is 9.93. The fraction of sp³-hybridized carbons (Fsp3) is 0.0968. The van der Waals surface area contributed by atoms with Gasteiger partial charge >= 0.3 is 0 Å². The van der Waals surface area contributed by atoms with Gasteiger partial charge in [-0.05, 0) is 78.2 Å². The van der Waals surface area contributed by atoms with Crippen molar-refractivity contribution in [3.05, 3.63) is 108 Å². The molecule has 0 saturated carbocycles. The number of aryl methyl sites for hydroxylation is 3. The Kier molecular flexibility index (Phi) is 2.88. The number of benzene rings is 3. The maximum absolute atomic E-state index is 8.94. The van der Waals surface area contributed by atoms with Crippen LogP contribution < -0.4 is 0 Å². The molecule has 3 nitrogen and oxygen atoms in total. The molecule has 0 spiro atoms. The van der Waals surface area contributed by atoms with Crippen molar-refractivity contribution in [3.63, 3.8) is 0 Å². The lowest BCUT2D eigenvalue weighted by molar-refractivity contribution is 0.653. The van der Waals surface area contributed by atoms with E-state index in [4.69, 9.17) is 18.1 Å². The summed E-state index contributed by atoms with van der Waals surface area (Å²) in [6, 6.07) is 21.7. The first-order valence-corrected chi connectivity index (χ1v) is 10.7. The second-order valence-electron chi connectivity index (χ2n) is 7.99. The molecule has 0 aliphatic rings. The van der Waals surface area contributed by atoms with Crippen molar-refractivity contribution in [2.24, 2.45) is 0 Å². The first kappa shape index (κ1) is 12.3. The van der Waals surface area contributed by atoms with E-state index < -0.39 is 20.6 Å². The fourth-order valence-electron chi connectivity index (χ4n) is 4.21. The summed E-state index contributed by atoms with van der Waals surface area (Å²) in [5.41, 5.74) is 1.98. The Labute approximate surface area is 212 Å². The minimum atomic E-state index is -2.67. The highest BCUT2D eigenvalue weighted by atomic mass is 16.3. The molecule has 34 heavy (non-hydrogen) atoms. The summed E-state index contributed by atoms with van der Waals surface area (Å²) >= 11 is 0. The third-order valence-corrected chi connectivity index (χ3v) is 5.86. The van der Waals surface area contributed by atoms with E-state index in [2.05, 4.69) is 9.97 Å². The lowest BCUT2D eigenvalue weighted by Crippen LogP contribution is -1.92. The molecule has 0 aliphatic heterocycles. The zero-order valence-corrected chi connectivity index (χ0v) is 17.9. The van der Waals surface area contributed by atoms with Crippen LogP contribution in [0.5, 0.6) is 0 Å². The van der Waals surface area contributed by atoms with Crippen molar-refractivity contribution >= 4 is 22.1 Å². The van der Waals surface area contributed by atoms with Crippen molar-refractivity contribution in [1.29, 1.82) is 0 Å². The normalized spacial score (nSPS) is 16.8. The average molecular weight is 451 g/mol. The Morgan fingerprint density at radius 1 is 0.735 bits per heavy atom. The quantitative estimate of drug-likeness (QED) is 0.272. The van der Waals surface area contributed by atoms with Gasteiger partial charge in [0.25, 0.3) is 0 Å². The molecule has 3 heterocycles. The van der Waals surface area contributed by atoms with Gasteiger partial charge in [0.05, 0.1) is 7.06 Å². The number of nitrogens with zero attached hydrogens (tertiary/aromatic N) is 2. The Morgan fingerprint density at radius 3 is 2.50 bits per heavy atom. The Bertz CT molecular complexity index is 2040. The number of fused-ring (bicyclic) bond motifs is 3. The molecule has 3 heteroatoms. The first-order chi connectivity index (χ1) is 20.6. The van der Waals surface area contributed by atoms with Crippen LogP contribution in [-0.4, -0.2) is 9.97 Å². The fourth-order valence-corrected chi connectivity index (χ4v) is 4.21. The van der Waals surface area contributed by atoms with Crippen LogP contribution in [0.25, 0.3) is 55.6 Å². The summed E-state index contributed by atoms with van der Waals surface area (Å²) in [4.78, 5) is 8.64. The average Bonchev–Trinajstić information content (AvgIpc) is 3.34. The van der Waals surface area contributed by atoms with Crippen LogP contribution >= 0.6 is 0 Å². The van der Waals surface area contributed by atoms with Crippen LogP contribution in [0.3, 0.4) is 0 Å². The van der Waals surface area contributed by atoms with Gasteiger partial charge in [-0.3, -0.25) is 4.98 Å². The highest BCUT2D eigenvalue weighted by Gasteiger charge is 2.16. The third-order valence-electron chi connectivity index (χ3n) is 5.86. The van der Waals surface area contributed by atoms with E-state index in [1.807, 2.05) is 18.2 Å². The maximum Gasteiger partial charge on any atom is 0.227 e. The molecule has 0 N–H and O–H groups in total. The van der Waals surface area contributed by atoms with Gasteiger partial charge in [-0.1, -0.05) is 60.6 Å². The largest absolute Gasteiger partial charge is 0.437 e. The van der Waals surface area contributed by atoms with E-state index in [0.717, 1.165) is 5.56 Å². The molecule has 0 unspecified atom stereocenters. The Morgan fingerprint density at radius 2 is 1.65 bits per heavy atom. The number of pyridine rings is 2. The molecule has 0 amide bonds. The SMILES string of the molecule is [2H]c1cc(-c2ccccc2)cc(C([2H])([2H])[2H])c1-c1cc(-c2cccc3c2oc2nc(C([2H])([2H])[2H])ccc23)ncc1C([2H])([2H])[2H]. The summed E-state index contributed by atoms with van der Waals surface area (Å²) in [5.74, 6) is 0. The molecule has 0 radical (unpaired) electrons. The van der Waals surface area contributed by atoms with E-state index in [-0.39, 0.29) is 45.4 Å². The van der Waals surface area contributed by atoms with E-state index >= 15 is 0 Å². The summed E-state index contributed by atoms with van der Waals surface area (Å²) in [6.45, 7) is -7.77. The van der Waals surface area contributed by atoms with Gasteiger partial charge < -0.3 is 4.42 Å². The van der Waals surface area contributed by atoms with Crippen LogP contribution in [0.2, 0.25) is 0 Å². The van der Waals surface area contributed by atoms with Crippen LogP contribution in [0, 0.1) is 20.6 Å². The molecule has 3 aromatic carbocycles. The predicted molar refractivity (Wildman–Crippen MR) is 140 cm³/mol. The van der Waals surface area contributed by atoms with E-state index in [1.54, 1.807) is 36.4 Å². The van der Waals surface area contributed by atoms with Crippen LogP contribution in [0.1, 0.15) is 30.5 Å². The summed E-state index contributed by atoms with van der Waals surface area (Å²) in [7, 11) is 0. The highest BCUT2D eigenvalue weighted by Crippen LogP contribution is 2.37. The van der Waals surface area contributed by atoms with Gasteiger partial charge in [-0.2, -0.15) is 0 Å². The summed E-state index contributed by atoms with van der Waals surface area (Å²) in [6.07, 6.45) is 1.18.